The molecule has 1 aliphatic heterocycles. The number of ether oxygens (including phenoxy) is 1. The first-order chi connectivity index (χ1) is 13.8. The summed E-state index contributed by atoms with van der Waals surface area (Å²) in [5.41, 5.74) is 3.50. The molecule has 1 unspecified atom stereocenters. The minimum absolute atomic E-state index is 0.429. The first kappa shape index (κ1) is 17.3. The minimum Gasteiger partial charge on any atom is -0.450 e. The number of rotatable bonds is 3. The number of fused-ring (bicyclic) bond motifs is 1. The molecule has 3 nitrogen and oxygen atoms in total. The van der Waals surface area contributed by atoms with Crippen molar-refractivity contribution in [1.82, 2.24) is 0 Å². The van der Waals surface area contributed by atoms with E-state index >= 15 is 0 Å². The topological polar surface area (TPSA) is 34.4 Å². The van der Waals surface area contributed by atoms with Gasteiger partial charge in [0.25, 0.3) is 0 Å². The van der Waals surface area contributed by atoms with Gasteiger partial charge in [0, 0.05) is 11.3 Å². The maximum Gasteiger partial charge on any atom is 0.188 e. The molecule has 0 fully saturated rings. The van der Waals surface area contributed by atoms with Gasteiger partial charge in [-0.05, 0) is 45.3 Å². The van der Waals surface area contributed by atoms with Gasteiger partial charge < -0.3 is 14.5 Å². The Morgan fingerprint density at radius 2 is 1.32 bits per heavy atom. The van der Waals surface area contributed by atoms with Crippen LogP contribution in [0, 0.1) is 0 Å². The summed E-state index contributed by atoms with van der Waals surface area (Å²) in [4.78, 5) is 0. The second-order valence-corrected chi connectivity index (χ2v) is 7.52. The number of para-hydroxylation sites is 1. The first-order valence-electron chi connectivity index (χ1n) is 9.17. The summed E-state index contributed by atoms with van der Waals surface area (Å²) in [6.07, 6.45) is -0.429. The van der Waals surface area contributed by atoms with Gasteiger partial charge in [0.2, 0.25) is 0 Å². The second kappa shape index (κ2) is 6.97. The predicted molar refractivity (Wildman–Crippen MR) is 113 cm³/mol. The number of halogens is 1. The average molecular weight is 432 g/mol. The third-order valence-electron chi connectivity index (χ3n) is 5.10. The fraction of sp³-hybridized carbons (Fsp3) is 0.0833. The maximum atomic E-state index is 6.85. The van der Waals surface area contributed by atoms with E-state index in [0.717, 1.165) is 28.1 Å². The lowest BCUT2D eigenvalue weighted by molar-refractivity contribution is -0.0523. The second-order valence-electron chi connectivity index (χ2n) is 6.74. The van der Waals surface area contributed by atoms with Crippen LogP contribution in [0.25, 0.3) is 0 Å². The van der Waals surface area contributed by atoms with E-state index in [0.29, 0.717) is 4.67 Å². The van der Waals surface area contributed by atoms with Crippen LogP contribution in [0.2, 0.25) is 0 Å². The standard InChI is InChI=1S/C24H18BrNO2/c25-22-16-15-21(27-22)23-26-20-14-8-7-13-19(20)24(28-23,17-9-3-1-4-10-17)18-11-5-2-6-12-18/h1-16,23,26H. The van der Waals surface area contributed by atoms with Gasteiger partial charge in [0.15, 0.2) is 16.7 Å². The average Bonchev–Trinajstić information content (AvgIpc) is 3.20. The van der Waals surface area contributed by atoms with E-state index in [9.17, 15) is 0 Å². The molecule has 3 aromatic carbocycles. The van der Waals surface area contributed by atoms with Gasteiger partial charge in [-0.25, -0.2) is 0 Å². The summed E-state index contributed by atoms with van der Waals surface area (Å²) in [5.74, 6) is 0.720. The van der Waals surface area contributed by atoms with Crippen LogP contribution in [-0.4, -0.2) is 0 Å². The van der Waals surface area contributed by atoms with Crippen LogP contribution in [0.1, 0.15) is 28.7 Å². The van der Waals surface area contributed by atoms with Crippen molar-refractivity contribution in [2.75, 3.05) is 5.32 Å². The molecule has 1 atom stereocenters. The Bertz CT molecular complexity index is 1050. The van der Waals surface area contributed by atoms with E-state index in [2.05, 4.69) is 57.6 Å². The number of furan rings is 1. The third kappa shape index (κ3) is 2.77. The lowest BCUT2D eigenvalue weighted by atomic mass is 9.78. The maximum absolute atomic E-state index is 6.85. The fourth-order valence-corrected chi connectivity index (χ4v) is 4.20. The van der Waals surface area contributed by atoms with E-state index in [-0.39, 0.29) is 0 Å². The largest absolute Gasteiger partial charge is 0.450 e. The number of hydrogen-bond acceptors (Lipinski definition) is 3. The van der Waals surface area contributed by atoms with Crippen LogP contribution in [-0.2, 0) is 10.3 Å². The monoisotopic (exact) mass is 431 g/mol. The summed E-state index contributed by atoms with van der Waals surface area (Å²) in [6.45, 7) is 0. The van der Waals surface area contributed by atoms with Gasteiger partial charge in [-0.3, -0.25) is 0 Å². The zero-order valence-electron chi connectivity index (χ0n) is 15.0. The molecular formula is C24H18BrNO2. The van der Waals surface area contributed by atoms with Crippen LogP contribution in [0.3, 0.4) is 0 Å². The van der Waals surface area contributed by atoms with Crippen molar-refractivity contribution in [3.63, 3.8) is 0 Å². The summed E-state index contributed by atoms with van der Waals surface area (Å²) >= 11 is 3.40. The molecule has 28 heavy (non-hydrogen) atoms. The minimum atomic E-state index is -0.756. The van der Waals surface area contributed by atoms with E-state index in [1.165, 1.54) is 0 Å². The van der Waals surface area contributed by atoms with Crippen molar-refractivity contribution in [2.24, 2.45) is 0 Å². The smallest absolute Gasteiger partial charge is 0.188 e. The van der Waals surface area contributed by atoms with E-state index in [1.54, 1.807) is 0 Å². The number of hydrogen-bond donors (Lipinski definition) is 1. The molecule has 0 bridgehead atoms. The van der Waals surface area contributed by atoms with Crippen LogP contribution in [0.15, 0.2) is 106 Å². The molecule has 0 amide bonds. The molecule has 2 heterocycles. The molecule has 0 saturated heterocycles. The molecule has 4 aromatic rings. The van der Waals surface area contributed by atoms with Crippen LogP contribution < -0.4 is 5.32 Å². The van der Waals surface area contributed by atoms with Gasteiger partial charge >= 0.3 is 0 Å². The highest BCUT2D eigenvalue weighted by Crippen LogP contribution is 2.50. The summed E-state index contributed by atoms with van der Waals surface area (Å²) in [7, 11) is 0. The molecule has 1 N–H and O–H groups in total. The van der Waals surface area contributed by atoms with Crippen molar-refractivity contribution in [1.29, 1.82) is 0 Å². The Morgan fingerprint density at radius 1 is 0.714 bits per heavy atom. The third-order valence-corrected chi connectivity index (χ3v) is 5.53. The van der Waals surface area contributed by atoms with Crippen molar-refractivity contribution < 1.29 is 9.15 Å². The van der Waals surface area contributed by atoms with E-state index in [1.807, 2.05) is 60.7 Å². The Labute approximate surface area is 172 Å². The highest BCUT2D eigenvalue weighted by Gasteiger charge is 2.45. The number of benzene rings is 3. The molecule has 1 aliphatic rings. The highest BCUT2D eigenvalue weighted by molar-refractivity contribution is 9.10. The first-order valence-corrected chi connectivity index (χ1v) is 9.97. The Balaban J connectivity index is 1.78. The fourth-order valence-electron chi connectivity index (χ4n) is 3.88. The van der Waals surface area contributed by atoms with Crippen molar-refractivity contribution in [3.8, 4) is 0 Å². The zero-order valence-corrected chi connectivity index (χ0v) is 16.6. The molecule has 4 heteroatoms. The predicted octanol–water partition coefficient (Wildman–Crippen LogP) is 6.47. The lowest BCUT2D eigenvalue weighted by Crippen LogP contribution is -2.40. The summed E-state index contributed by atoms with van der Waals surface area (Å²) in [6, 6.07) is 32.8. The van der Waals surface area contributed by atoms with E-state index in [4.69, 9.17) is 9.15 Å². The number of anilines is 1. The van der Waals surface area contributed by atoms with Crippen LogP contribution in [0.5, 0.6) is 0 Å². The van der Waals surface area contributed by atoms with Crippen LogP contribution in [0.4, 0.5) is 5.69 Å². The normalized spacial score (nSPS) is 17.5. The molecule has 0 saturated carbocycles. The van der Waals surface area contributed by atoms with Gasteiger partial charge in [0.05, 0.1) is 0 Å². The molecule has 138 valence electrons. The van der Waals surface area contributed by atoms with Crippen molar-refractivity contribution in [2.45, 2.75) is 11.8 Å². The zero-order chi connectivity index (χ0) is 19.0. The lowest BCUT2D eigenvalue weighted by Gasteiger charge is -2.43. The van der Waals surface area contributed by atoms with Gasteiger partial charge in [-0.2, -0.15) is 0 Å². The van der Waals surface area contributed by atoms with Crippen molar-refractivity contribution >= 4 is 21.6 Å². The number of nitrogens with one attached hydrogen (secondary N) is 1. The molecule has 0 radical (unpaired) electrons. The summed E-state index contributed by atoms with van der Waals surface area (Å²) in [5, 5.41) is 3.48. The van der Waals surface area contributed by atoms with E-state index < -0.39 is 11.8 Å². The molecular weight excluding hydrogens is 414 g/mol. The molecule has 0 aliphatic carbocycles. The van der Waals surface area contributed by atoms with Crippen LogP contribution >= 0.6 is 15.9 Å². The summed E-state index contributed by atoms with van der Waals surface area (Å²) < 4.78 is 13.4. The quantitative estimate of drug-likeness (QED) is 0.403. The molecule has 0 spiro atoms. The van der Waals surface area contributed by atoms with Crippen molar-refractivity contribution in [3.05, 3.63) is 124 Å². The highest BCUT2D eigenvalue weighted by atomic mass is 79.9. The Hall–Kier alpha value is -2.82. The molecule has 1 aromatic heterocycles. The van der Waals surface area contributed by atoms with Gasteiger partial charge in [-0.1, -0.05) is 78.9 Å². The Morgan fingerprint density at radius 3 is 1.93 bits per heavy atom. The molecule has 5 rings (SSSR count). The SMILES string of the molecule is Brc1ccc(C2Nc3ccccc3C(c3ccccc3)(c3ccccc3)O2)o1. The van der Waals surface area contributed by atoms with Gasteiger partial charge in [0.1, 0.15) is 5.60 Å². The Kier molecular flexibility index (Phi) is 4.30. The van der Waals surface area contributed by atoms with Gasteiger partial charge in [-0.15, -0.1) is 0 Å².